The molecule has 0 aliphatic rings. The number of hydrogen-bond donors (Lipinski definition) is 0. The molecule has 3 heteroatoms. The lowest BCUT2D eigenvalue weighted by atomic mass is 9.99. The molecule has 0 fully saturated rings. The summed E-state index contributed by atoms with van der Waals surface area (Å²) in [6.45, 7) is 4.32. The molecule has 98 valence electrons. The predicted octanol–water partition coefficient (Wildman–Crippen LogP) is 4.16. The second kappa shape index (κ2) is 5.98. The fourth-order valence-corrected chi connectivity index (χ4v) is 2.08. The third-order valence-corrected chi connectivity index (χ3v) is 3.02. The SMILES string of the molecule is CC(C)Cc1cccc(C(=O)c2ccc(Cl)cn2)c1. The van der Waals surface area contributed by atoms with Gasteiger partial charge >= 0.3 is 0 Å². The van der Waals surface area contributed by atoms with Gasteiger partial charge in [0.1, 0.15) is 5.69 Å². The fourth-order valence-electron chi connectivity index (χ4n) is 1.97. The van der Waals surface area contributed by atoms with Crippen LogP contribution in [0.5, 0.6) is 0 Å². The van der Waals surface area contributed by atoms with Gasteiger partial charge in [-0.25, -0.2) is 0 Å². The molecule has 0 saturated heterocycles. The minimum Gasteiger partial charge on any atom is -0.287 e. The zero-order valence-electron chi connectivity index (χ0n) is 11.1. The van der Waals surface area contributed by atoms with E-state index in [1.807, 2.05) is 24.3 Å². The van der Waals surface area contributed by atoms with Crippen LogP contribution < -0.4 is 0 Å². The summed E-state index contributed by atoms with van der Waals surface area (Å²) in [6.07, 6.45) is 2.46. The molecule has 0 saturated carbocycles. The van der Waals surface area contributed by atoms with Crippen molar-refractivity contribution in [3.8, 4) is 0 Å². The molecule has 0 aliphatic heterocycles. The molecular formula is C16H16ClNO. The summed E-state index contributed by atoms with van der Waals surface area (Å²) >= 11 is 5.77. The first-order chi connectivity index (χ1) is 9.06. The van der Waals surface area contributed by atoms with E-state index in [-0.39, 0.29) is 5.78 Å². The average molecular weight is 274 g/mol. The van der Waals surface area contributed by atoms with Gasteiger partial charge in [-0.2, -0.15) is 0 Å². The van der Waals surface area contributed by atoms with Crippen LogP contribution in [0.3, 0.4) is 0 Å². The van der Waals surface area contributed by atoms with Crippen LogP contribution in [0.2, 0.25) is 5.02 Å². The topological polar surface area (TPSA) is 30.0 Å². The van der Waals surface area contributed by atoms with Crippen LogP contribution in [0, 0.1) is 5.92 Å². The van der Waals surface area contributed by atoms with Gasteiger partial charge in [-0.1, -0.05) is 43.6 Å². The highest BCUT2D eigenvalue weighted by Crippen LogP contribution is 2.14. The van der Waals surface area contributed by atoms with Gasteiger partial charge in [0.05, 0.1) is 5.02 Å². The first-order valence-electron chi connectivity index (χ1n) is 6.31. The van der Waals surface area contributed by atoms with E-state index in [0.717, 1.165) is 6.42 Å². The number of benzene rings is 1. The first kappa shape index (κ1) is 13.8. The molecular weight excluding hydrogens is 258 g/mol. The zero-order chi connectivity index (χ0) is 13.8. The van der Waals surface area contributed by atoms with Crippen molar-refractivity contribution in [3.63, 3.8) is 0 Å². The Bertz CT molecular complexity index is 576. The van der Waals surface area contributed by atoms with Crippen LogP contribution in [-0.4, -0.2) is 10.8 Å². The van der Waals surface area contributed by atoms with Gasteiger partial charge in [-0.05, 0) is 36.1 Å². The Morgan fingerprint density at radius 1 is 1.26 bits per heavy atom. The van der Waals surface area contributed by atoms with Gasteiger partial charge in [0.25, 0.3) is 0 Å². The van der Waals surface area contributed by atoms with E-state index in [1.165, 1.54) is 11.8 Å². The Kier molecular flexibility index (Phi) is 4.33. The molecule has 0 atom stereocenters. The molecule has 2 rings (SSSR count). The Morgan fingerprint density at radius 2 is 2.05 bits per heavy atom. The molecule has 0 radical (unpaired) electrons. The highest BCUT2D eigenvalue weighted by Gasteiger charge is 2.11. The van der Waals surface area contributed by atoms with E-state index in [0.29, 0.717) is 22.2 Å². The number of hydrogen-bond acceptors (Lipinski definition) is 2. The van der Waals surface area contributed by atoms with E-state index >= 15 is 0 Å². The van der Waals surface area contributed by atoms with Crippen LogP contribution in [0.4, 0.5) is 0 Å². The average Bonchev–Trinajstić information content (AvgIpc) is 2.38. The maximum absolute atomic E-state index is 12.3. The minimum absolute atomic E-state index is 0.0673. The first-order valence-corrected chi connectivity index (χ1v) is 6.69. The standard InChI is InChI=1S/C16H16ClNO/c1-11(2)8-12-4-3-5-13(9-12)16(19)15-7-6-14(17)10-18-15/h3-7,9-11H,8H2,1-2H3. The largest absolute Gasteiger partial charge is 0.287 e. The van der Waals surface area contributed by atoms with E-state index < -0.39 is 0 Å². The molecule has 1 aromatic heterocycles. The number of rotatable bonds is 4. The van der Waals surface area contributed by atoms with Gasteiger partial charge < -0.3 is 0 Å². The maximum Gasteiger partial charge on any atom is 0.211 e. The van der Waals surface area contributed by atoms with Crippen molar-refractivity contribution in [1.82, 2.24) is 4.98 Å². The van der Waals surface area contributed by atoms with Crippen molar-refractivity contribution in [3.05, 3.63) is 64.4 Å². The van der Waals surface area contributed by atoms with Crippen LogP contribution in [0.1, 0.15) is 35.5 Å². The number of halogens is 1. The molecule has 2 aromatic rings. The van der Waals surface area contributed by atoms with Gasteiger partial charge in [-0.15, -0.1) is 0 Å². The van der Waals surface area contributed by atoms with E-state index in [1.54, 1.807) is 12.1 Å². The lowest BCUT2D eigenvalue weighted by Gasteiger charge is -2.07. The summed E-state index contributed by atoms with van der Waals surface area (Å²) in [7, 11) is 0. The van der Waals surface area contributed by atoms with Crippen molar-refractivity contribution in [1.29, 1.82) is 0 Å². The summed E-state index contributed by atoms with van der Waals surface area (Å²) in [5.41, 5.74) is 2.27. The molecule has 1 heterocycles. The molecule has 0 aliphatic carbocycles. The fraction of sp³-hybridized carbons (Fsp3) is 0.250. The summed E-state index contributed by atoms with van der Waals surface area (Å²) in [4.78, 5) is 16.4. The second-order valence-corrected chi connectivity index (χ2v) is 5.43. The summed E-state index contributed by atoms with van der Waals surface area (Å²) < 4.78 is 0. The second-order valence-electron chi connectivity index (χ2n) is 4.99. The molecule has 0 amide bonds. The quantitative estimate of drug-likeness (QED) is 0.783. The monoisotopic (exact) mass is 273 g/mol. The van der Waals surface area contributed by atoms with Crippen molar-refractivity contribution in [2.24, 2.45) is 5.92 Å². The molecule has 1 aromatic carbocycles. The number of aromatic nitrogens is 1. The summed E-state index contributed by atoms with van der Waals surface area (Å²) in [6, 6.07) is 11.1. The van der Waals surface area contributed by atoms with Crippen molar-refractivity contribution in [2.75, 3.05) is 0 Å². The lowest BCUT2D eigenvalue weighted by Crippen LogP contribution is -2.05. The van der Waals surface area contributed by atoms with Crippen molar-refractivity contribution < 1.29 is 4.79 Å². The smallest absolute Gasteiger partial charge is 0.211 e. The maximum atomic E-state index is 12.3. The molecule has 0 N–H and O–H groups in total. The van der Waals surface area contributed by atoms with E-state index in [2.05, 4.69) is 18.8 Å². The van der Waals surface area contributed by atoms with Crippen LogP contribution in [0.25, 0.3) is 0 Å². The molecule has 19 heavy (non-hydrogen) atoms. The summed E-state index contributed by atoms with van der Waals surface area (Å²) in [5, 5.41) is 0.533. The lowest BCUT2D eigenvalue weighted by molar-refractivity contribution is 0.103. The van der Waals surface area contributed by atoms with Crippen LogP contribution in [0.15, 0.2) is 42.6 Å². The van der Waals surface area contributed by atoms with Crippen LogP contribution in [-0.2, 0) is 6.42 Å². The van der Waals surface area contributed by atoms with Gasteiger partial charge in [0, 0.05) is 11.8 Å². The predicted molar refractivity (Wildman–Crippen MR) is 77.7 cm³/mol. The molecule has 0 spiro atoms. The Hall–Kier alpha value is -1.67. The molecule has 2 nitrogen and oxygen atoms in total. The number of nitrogens with zero attached hydrogens (tertiary/aromatic N) is 1. The number of pyridine rings is 1. The van der Waals surface area contributed by atoms with Crippen LogP contribution >= 0.6 is 11.6 Å². The Morgan fingerprint density at radius 3 is 2.68 bits per heavy atom. The molecule has 0 unspecified atom stereocenters. The molecule has 0 bridgehead atoms. The summed E-state index contributed by atoms with van der Waals surface area (Å²) in [5.74, 6) is 0.501. The van der Waals surface area contributed by atoms with Crippen molar-refractivity contribution in [2.45, 2.75) is 20.3 Å². The Balaban J connectivity index is 2.26. The highest BCUT2D eigenvalue weighted by atomic mass is 35.5. The number of carbonyl (C=O) groups excluding carboxylic acids is 1. The van der Waals surface area contributed by atoms with Gasteiger partial charge in [-0.3, -0.25) is 9.78 Å². The zero-order valence-corrected chi connectivity index (χ0v) is 11.8. The van der Waals surface area contributed by atoms with Gasteiger partial charge in [0.15, 0.2) is 0 Å². The normalized spacial score (nSPS) is 10.7. The number of carbonyl (C=O) groups is 1. The van der Waals surface area contributed by atoms with E-state index in [4.69, 9.17) is 11.6 Å². The minimum atomic E-state index is -0.0673. The highest BCUT2D eigenvalue weighted by molar-refractivity contribution is 6.30. The third kappa shape index (κ3) is 3.65. The van der Waals surface area contributed by atoms with E-state index in [9.17, 15) is 4.79 Å². The van der Waals surface area contributed by atoms with Crippen molar-refractivity contribution >= 4 is 17.4 Å². The third-order valence-electron chi connectivity index (χ3n) is 2.79. The van der Waals surface area contributed by atoms with Gasteiger partial charge in [0.2, 0.25) is 5.78 Å². The Labute approximate surface area is 118 Å². The number of ketones is 1.